The summed E-state index contributed by atoms with van der Waals surface area (Å²) in [5, 5.41) is 0. The van der Waals surface area contributed by atoms with Gasteiger partial charge in [0.1, 0.15) is 11.7 Å². The Kier molecular flexibility index (Phi) is 3.05. The number of H-pyrrole nitrogens is 1. The maximum absolute atomic E-state index is 12.4. The number of fused-ring (bicyclic) bond motifs is 1. The third kappa shape index (κ3) is 2.25. The number of aromatic nitrogens is 1. The molecule has 1 amide bonds. The summed E-state index contributed by atoms with van der Waals surface area (Å²) < 4.78 is 4.87. The fourth-order valence-electron chi connectivity index (χ4n) is 2.75. The minimum Gasteiger partial charge on any atom is -0.467 e. The first kappa shape index (κ1) is 12.3. The van der Waals surface area contributed by atoms with Gasteiger partial charge in [-0.1, -0.05) is 12.8 Å². The summed E-state index contributed by atoms with van der Waals surface area (Å²) in [4.78, 5) is 29.0. The van der Waals surface area contributed by atoms with Crippen molar-refractivity contribution in [2.24, 2.45) is 5.92 Å². The van der Waals surface area contributed by atoms with Crippen LogP contribution in [0.1, 0.15) is 35.3 Å². The van der Waals surface area contributed by atoms with E-state index in [9.17, 15) is 9.59 Å². The second-order valence-corrected chi connectivity index (χ2v) is 5.34. The molecule has 1 aliphatic carbocycles. The first-order chi connectivity index (χ1) is 9.20. The van der Waals surface area contributed by atoms with E-state index in [1.54, 1.807) is 11.1 Å². The van der Waals surface area contributed by atoms with Crippen LogP contribution in [0.2, 0.25) is 0 Å². The predicted molar refractivity (Wildman–Crippen MR) is 68.7 cm³/mol. The van der Waals surface area contributed by atoms with Crippen LogP contribution < -0.4 is 0 Å². The minimum absolute atomic E-state index is 0.0812. The molecular formula is C14H18N2O3. The molecular weight excluding hydrogens is 244 g/mol. The molecule has 0 radical (unpaired) electrons. The van der Waals surface area contributed by atoms with Crippen LogP contribution in [0.15, 0.2) is 12.3 Å². The van der Waals surface area contributed by atoms with Gasteiger partial charge in [-0.15, -0.1) is 0 Å². The van der Waals surface area contributed by atoms with Crippen molar-refractivity contribution in [3.05, 3.63) is 23.5 Å². The molecule has 1 unspecified atom stereocenters. The maximum Gasteiger partial charge on any atom is 0.328 e. The molecule has 102 valence electrons. The van der Waals surface area contributed by atoms with Gasteiger partial charge in [0.25, 0.3) is 5.91 Å². The number of hydrogen-bond acceptors (Lipinski definition) is 3. The predicted octanol–water partition coefficient (Wildman–Crippen LogP) is 1.35. The number of aromatic amines is 1. The largest absolute Gasteiger partial charge is 0.467 e. The van der Waals surface area contributed by atoms with Crippen LogP contribution in [-0.4, -0.2) is 41.5 Å². The third-order valence-corrected chi connectivity index (χ3v) is 4.03. The van der Waals surface area contributed by atoms with Crippen molar-refractivity contribution in [3.63, 3.8) is 0 Å². The smallest absolute Gasteiger partial charge is 0.328 e. The van der Waals surface area contributed by atoms with E-state index >= 15 is 0 Å². The number of nitrogens with one attached hydrogen (secondary N) is 1. The van der Waals surface area contributed by atoms with Gasteiger partial charge < -0.3 is 14.6 Å². The van der Waals surface area contributed by atoms with E-state index in [1.807, 2.05) is 6.07 Å². The summed E-state index contributed by atoms with van der Waals surface area (Å²) in [5.41, 5.74) is 1.66. The van der Waals surface area contributed by atoms with E-state index in [0.29, 0.717) is 18.2 Å². The van der Waals surface area contributed by atoms with Gasteiger partial charge in [0.05, 0.1) is 7.11 Å². The Morgan fingerprint density at radius 3 is 3.05 bits per heavy atom. The Balaban J connectivity index is 1.82. The highest BCUT2D eigenvalue weighted by atomic mass is 16.5. The van der Waals surface area contributed by atoms with Crippen LogP contribution >= 0.6 is 0 Å². The zero-order valence-electron chi connectivity index (χ0n) is 11.0. The fraction of sp³-hybridized carbons (Fsp3) is 0.571. The molecule has 1 atom stereocenters. The molecule has 0 aromatic carbocycles. The van der Waals surface area contributed by atoms with Crippen molar-refractivity contribution < 1.29 is 14.3 Å². The second kappa shape index (κ2) is 4.72. The van der Waals surface area contributed by atoms with Gasteiger partial charge >= 0.3 is 5.97 Å². The quantitative estimate of drug-likeness (QED) is 0.833. The highest BCUT2D eigenvalue weighted by Crippen LogP contribution is 2.35. The molecule has 1 aliphatic heterocycles. The van der Waals surface area contributed by atoms with Crippen molar-refractivity contribution in [1.82, 2.24) is 9.88 Å². The number of nitrogens with zero attached hydrogens (tertiary/aromatic N) is 1. The molecule has 0 bridgehead atoms. The zero-order valence-corrected chi connectivity index (χ0v) is 11.0. The first-order valence-corrected chi connectivity index (χ1v) is 6.75. The zero-order chi connectivity index (χ0) is 13.4. The number of hydrogen-bond donors (Lipinski definition) is 1. The lowest BCUT2D eigenvalue weighted by Crippen LogP contribution is -2.49. The molecule has 5 heteroatoms. The molecule has 2 heterocycles. The molecule has 3 rings (SSSR count). The second-order valence-electron chi connectivity index (χ2n) is 5.34. The molecule has 2 aliphatic rings. The Bertz CT molecular complexity index is 505. The molecule has 0 spiro atoms. The number of esters is 1. The number of methoxy groups -OCH3 is 1. The van der Waals surface area contributed by atoms with Crippen molar-refractivity contribution in [2.45, 2.75) is 31.7 Å². The topological polar surface area (TPSA) is 62.4 Å². The number of amides is 1. The van der Waals surface area contributed by atoms with Gasteiger partial charge in [-0.3, -0.25) is 4.79 Å². The van der Waals surface area contributed by atoms with Gasteiger partial charge in [-0.25, -0.2) is 4.79 Å². The molecule has 1 fully saturated rings. The minimum atomic E-state index is -0.429. The number of ether oxygens (including phenoxy) is 1. The maximum atomic E-state index is 12.4. The number of carbonyl (C=O) groups excluding carboxylic acids is 2. The van der Waals surface area contributed by atoms with E-state index in [-0.39, 0.29) is 11.9 Å². The highest BCUT2D eigenvalue weighted by molar-refractivity contribution is 5.97. The average molecular weight is 262 g/mol. The van der Waals surface area contributed by atoms with E-state index in [1.165, 1.54) is 7.11 Å². The lowest BCUT2D eigenvalue weighted by atomic mass is 10.0. The summed E-state index contributed by atoms with van der Waals surface area (Å²) in [6.45, 7) is 0.593. The Labute approximate surface area is 111 Å². The van der Waals surface area contributed by atoms with E-state index in [0.717, 1.165) is 31.2 Å². The van der Waals surface area contributed by atoms with Gasteiger partial charge in [0.2, 0.25) is 0 Å². The molecule has 1 N–H and O–H groups in total. The van der Waals surface area contributed by atoms with Crippen molar-refractivity contribution in [1.29, 1.82) is 0 Å². The van der Waals surface area contributed by atoms with E-state index < -0.39 is 6.04 Å². The van der Waals surface area contributed by atoms with E-state index in [2.05, 4.69) is 4.98 Å². The lowest BCUT2D eigenvalue weighted by Gasteiger charge is -2.32. The number of carbonyl (C=O) groups is 2. The third-order valence-electron chi connectivity index (χ3n) is 4.03. The molecule has 19 heavy (non-hydrogen) atoms. The van der Waals surface area contributed by atoms with Crippen molar-refractivity contribution >= 4 is 11.9 Å². The van der Waals surface area contributed by atoms with Gasteiger partial charge in [0.15, 0.2) is 0 Å². The highest BCUT2D eigenvalue weighted by Gasteiger charge is 2.38. The standard InChI is InChI=1S/C14H18N2O3/c1-19-14(18)11(8-9-2-3-9)16-7-5-10-4-6-15-12(10)13(16)17/h4,6,9,11,15H,2-3,5,7-8H2,1H3. The summed E-state index contributed by atoms with van der Waals surface area (Å²) in [6.07, 6.45) is 5.61. The molecule has 5 nitrogen and oxygen atoms in total. The molecule has 1 aromatic rings. The first-order valence-electron chi connectivity index (χ1n) is 6.75. The van der Waals surface area contributed by atoms with Crippen molar-refractivity contribution in [3.8, 4) is 0 Å². The molecule has 0 saturated heterocycles. The Morgan fingerprint density at radius 2 is 2.37 bits per heavy atom. The normalized spacial score (nSPS) is 20.1. The van der Waals surface area contributed by atoms with Crippen LogP contribution in [0, 0.1) is 5.92 Å². The van der Waals surface area contributed by atoms with Crippen LogP contribution in [0.4, 0.5) is 0 Å². The van der Waals surface area contributed by atoms with Gasteiger partial charge in [-0.05, 0) is 30.4 Å². The Morgan fingerprint density at radius 1 is 1.58 bits per heavy atom. The van der Waals surface area contributed by atoms with Crippen LogP contribution in [0.5, 0.6) is 0 Å². The van der Waals surface area contributed by atoms with Gasteiger partial charge in [-0.2, -0.15) is 0 Å². The fourth-order valence-corrected chi connectivity index (χ4v) is 2.75. The van der Waals surface area contributed by atoms with Crippen LogP contribution in [0.25, 0.3) is 0 Å². The monoisotopic (exact) mass is 262 g/mol. The SMILES string of the molecule is COC(=O)C(CC1CC1)N1CCc2cc[nH]c2C1=O. The van der Waals surface area contributed by atoms with E-state index in [4.69, 9.17) is 4.74 Å². The molecule has 1 saturated carbocycles. The number of rotatable bonds is 4. The summed E-state index contributed by atoms with van der Waals surface area (Å²) >= 11 is 0. The van der Waals surface area contributed by atoms with Crippen LogP contribution in [-0.2, 0) is 16.0 Å². The van der Waals surface area contributed by atoms with Gasteiger partial charge in [0, 0.05) is 12.7 Å². The summed E-state index contributed by atoms with van der Waals surface area (Å²) in [5.74, 6) is 0.194. The van der Waals surface area contributed by atoms with Crippen molar-refractivity contribution in [2.75, 3.05) is 13.7 Å². The summed E-state index contributed by atoms with van der Waals surface area (Å²) in [7, 11) is 1.39. The molecule has 1 aromatic heterocycles. The average Bonchev–Trinajstić information content (AvgIpc) is 3.10. The Hall–Kier alpha value is -1.78. The summed E-state index contributed by atoms with van der Waals surface area (Å²) in [6, 6.07) is 1.50. The lowest BCUT2D eigenvalue weighted by molar-refractivity contribution is -0.146. The van der Waals surface area contributed by atoms with Crippen LogP contribution in [0.3, 0.4) is 0 Å².